The SMILES string of the molecule is O=C(O)C1CCN(C(=O)Nc2ccc(F)cc2-c2nc(C3CC3)no2)CC1. The zero-order valence-electron chi connectivity index (χ0n) is 14.5. The molecule has 1 saturated heterocycles. The van der Waals surface area contributed by atoms with Crippen LogP contribution < -0.4 is 5.32 Å². The molecule has 27 heavy (non-hydrogen) atoms. The number of rotatable bonds is 4. The summed E-state index contributed by atoms with van der Waals surface area (Å²) in [5.41, 5.74) is 0.691. The maximum atomic E-state index is 13.8. The molecular weight excluding hydrogens is 355 g/mol. The fourth-order valence-electron chi connectivity index (χ4n) is 3.18. The summed E-state index contributed by atoms with van der Waals surface area (Å²) in [6.45, 7) is 0.706. The van der Waals surface area contributed by atoms with Gasteiger partial charge in [-0.3, -0.25) is 4.79 Å². The number of piperidine rings is 1. The molecule has 1 aliphatic heterocycles. The highest BCUT2D eigenvalue weighted by Crippen LogP contribution is 2.39. The number of halogens is 1. The number of likely N-dealkylation sites (tertiary alicyclic amines) is 1. The van der Waals surface area contributed by atoms with Crippen molar-refractivity contribution >= 4 is 17.7 Å². The Morgan fingerprint density at radius 1 is 1.22 bits per heavy atom. The highest BCUT2D eigenvalue weighted by Gasteiger charge is 2.30. The van der Waals surface area contributed by atoms with E-state index in [0.29, 0.717) is 48.9 Å². The lowest BCUT2D eigenvalue weighted by molar-refractivity contribution is -0.143. The maximum Gasteiger partial charge on any atom is 0.321 e. The van der Waals surface area contributed by atoms with Crippen LogP contribution in [0.2, 0.25) is 0 Å². The molecule has 0 atom stereocenters. The first-order valence-corrected chi connectivity index (χ1v) is 8.93. The van der Waals surface area contributed by atoms with E-state index in [1.54, 1.807) is 4.90 Å². The van der Waals surface area contributed by atoms with E-state index < -0.39 is 17.7 Å². The number of benzene rings is 1. The third-order valence-electron chi connectivity index (χ3n) is 4.97. The highest BCUT2D eigenvalue weighted by molar-refractivity contribution is 5.93. The Bertz CT molecular complexity index is 872. The number of carboxylic acid groups (broad SMARTS) is 1. The summed E-state index contributed by atoms with van der Waals surface area (Å²) in [5.74, 6) is -0.673. The van der Waals surface area contributed by atoms with Crippen molar-refractivity contribution in [3.63, 3.8) is 0 Å². The molecule has 9 heteroatoms. The maximum absolute atomic E-state index is 13.8. The van der Waals surface area contributed by atoms with Crippen LogP contribution in [0.1, 0.15) is 37.4 Å². The average molecular weight is 374 g/mol. The van der Waals surface area contributed by atoms with Gasteiger partial charge in [-0.25, -0.2) is 9.18 Å². The van der Waals surface area contributed by atoms with E-state index >= 15 is 0 Å². The molecule has 1 aromatic carbocycles. The first-order chi connectivity index (χ1) is 13.0. The molecule has 8 nitrogen and oxygen atoms in total. The lowest BCUT2D eigenvalue weighted by Crippen LogP contribution is -2.42. The number of amides is 2. The van der Waals surface area contributed by atoms with Crippen LogP contribution in [0.4, 0.5) is 14.9 Å². The number of carbonyl (C=O) groups excluding carboxylic acids is 1. The standard InChI is InChI=1S/C18H19FN4O4/c19-12-3-4-14(13(9-12)16-21-15(22-27-16)10-1-2-10)20-18(26)23-7-5-11(6-8-23)17(24)25/h3-4,9-11H,1-2,5-8H2,(H,20,26)(H,24,25). The number of carbonyl (C=O) groups is 2. The van der Waals surface area contributed by atoms with Crippen LogP contribution in [0.25, 0.3) is 11.5 Å². The van der Waals surface area contributed by atoms with Crippen molar-refractivity contribution in [3.8, 4) is 11.5 Å². The van der Waals surface area contributed by atoms with Gasteiger partial charge >= 0.3 is 12.0 Å². The van der Waals surface area contributed by atoms with Gasteiger partial charge in [-0.15, -0.1) is 0 Å². The molecule has 2 aliphatic rings. The summed E-state index contributed by atoms with van der Waals surface area (Å²) in [7, 11) is 0. The number of aliphatic carboxylic acids is 1. The van der Waals surface area contributed by atoms with E-state index in [4.69, 9.17) is 9.63 Å². The highest BCUT2D eigenvalue weighted by atomic mass is 19.1. The van der Waals surface area contributed by atoms with Gasteiger partial charge in [0.2, 0.25) is 0 Å². The molecule has 142 valence electrons. The minimum absolute atomic E-state index is 0.163. The molecule has 1 aliphatic carbocycles. The molecule has 2 heterocycles. The molecule has 2 fully saturated rings. The number of hydrogen-bond acceptors (Lipinski definition) is 5. The minimum Gasteiger partial charge on any atom is -0.481 e. The predicted molar refractivity (Wildman–Crippen MR) is 92.6 cm³/mol. The van der Waals surface area contributed by atoms with Crippen LogP contribution in [0.5, 0.6) is 0 Å². The van der Waals surface area contributed by atoms with Gasteiger partial charge < -0.3 is 19.8 Å². The van der Waals surface area contributed by atoms with Crippen molar-refractivity contribution in [1.82, 2.24) is 15.0 Å². The van der Waals surface area contributed by atoms with Gasteiger partial charge in [0.05, 0.1) is 17.2 Å². The Kier molecular flexibility index (Phi) is 4.51. The van der Waals surface area contributed by atoms with Gasteiger partial charge in [-0.1, -0.05) is 5.16 Å². The quantitative estimate of drug-likeness (QED) is 0.851. The van der Waals surface area contributed by atoms with Crippen molar-refractivity contribution in [2.75, 3.05) is 18.4 Å². The van der Waals surface area contributed by atoms with Crippen LogP contribution in [0, 0.1) is 11.7 Å². The summed E-state index contributed by atoms with van der Waals surface area (Å²) in [6.07, 6.45) is 2.84. The van der Waals surface area contributed by atoms with E-state index in [1.165, 1.54) is 18.2 Å². The molecule has 0 unspecified atom stereocenters. The molecule has 4 rings (SSSR count). The van der Waals surface area contributed by atoms with E-state index in [0.717, 1.165) is 12.8 Å². The second-order valence-electron chi connectivity index (χ2n) is 6.95. The Hall–Kier alpha value is -2.97. The van der Waals surface area contributed by atoms with Crippen LogP contribution in [0.3, 0.4) is 0 Å². The number of aromatic nitrogens is 2. The molecule has 2 N–H and O–H groups in total. The van der Waals surface area contributed by atoms with Crippen molar-refractivity contribution < 1.29 is 23.6 Å². The number of carboxylic acids is 1. The van der Waals surface area contributed by atoms with Gasteiger partial charge in [-0.2, -0.15) is 4.98 Å². The molecule has 2 aromatic rings. The summed E-state index contributed by atoms with van der Waals surface area (Å²) in [4.78, 5) is 29.4. The Labute approximate surface area is 154 Å². The van der Waals surface area contributed by atoms with Crippen molar-refractivity contribution in [2.24, 2.45) is 5.92 Å². The summed E-state index contributed by atoms with van der Waals surface area (Å²) in [5, 5.41) is 15.7. The van der Waals surface area contributed by atoms with Crippen LogP contribution in [-0.2, 0) is 4.79 Å². The van der Waals surface area contributed by atoms with Crippen LogP contribution in [0.15, 0.2) is 22.7 Å². The van der Waals surface area contributed by atoms with Gasteiger partial charge in [0.1, 0.15) is 5.82 Å². The normalized spacial score (nSPS) is 17.7. The van der Waals surface area contributed by atoms with E-state index in [2.05, 4.69) is 15.5 Å². The molecule has 0 bridgehead atoms. The Morgan fingerprint density at radius 2 is 1.96 bits per heavy atom. The number of urea groups is 1. The van der Waals surface area contributed by atoms with E-state index in [1.807, 2.05) is 0 Å². The lowest BCUT2D eigenvalue weighted by Gasteiger charge is -2.30. The van der Waals surface area contributed by atoms with Crippen molar-refractivity contribution in [3.05, 3.63) is 29.8 Å². The van der Waals surface area contributed by atoms with Crippen molar-refractivity contribution in [2.45, 2.75) is 31.6 Å². The summed E-state index contributed by atoms with van der Waals surface area (Å²) >= 11 is 0. The smallest absolute Gasteiger partial charge is 0.321 e. The van der Waals surface area contributed by atoms with Crippen molar-refractivity contribution in [1.29, 1.82) is 0 Å². The summed E-state index contributed by atoms with van der Waals surface area (Å²) in [6, 6.07) is 3.58. The molecule has 0 radical (unpaired) electrons. The average Bonchev–Trinajstić information content (AvgIpc) is 3.40. The van der Waals surface area contributed by atoms with E-state index in [9.17, 15) is 14.0 Å². The number of anilines is 1. The summed E-state index contributed by atoms with van der Waals surface area (Å²) < 4.78 is 19.0. The third-order valence-corrected chi connectivity index (χ3v) is 4.97. The predicted octanol–water partition coefficient (Wildman–Crippen LogP) is 3.08. The topological polar surface area (TPSA) is 109 Å². The minimum atomic E-state index is -0.835. The van der Waals surface area contributed by atoms with Crippen LogP contribution >= 0.6 is 0 Å². The third kappa shape index (κ3) is 3.76. The monoisotopic (exact) mass is 374 g/mol. The Balaban J connectivity index is 1.50. The second-order valence-corrected chi connectivity index (χ2v) is 6.95. The first kappa shape index (κ1) is 17.4. The molecule has 2 amide bonds. The fourth-order valence-corrected chi connectivity index (χ4v) is 3.18. The Morgan fingerprint density at radius 3 is 2.63 bits per heavy atom. The first-order valence-electron chi connectivity index (χ1n) is 8.93. The van der Waals surface area contributed by atoms with Crippen LogP contribution in [-0.4, -0.2) is 45.2 Å². The van der Waals surface area contributed by atoms with Gasteiger partial charge in [-0.05, 0) is 43.9 Å². The lowest BCUT2D eigenvalue weighted by atomic mass is 9.97. The molecule has 1 saturated carbocycles. The number of nitrogens with zero attached hydrogens (tertiary/aromatic N) is 3. The van der Waals surface area contributed by atoms with Gasteiger partial charge in [0, 0.05) is 19.0 Å². The number of nitrogens with one attached hydrogen (secondary N) is 1. The molecular formula is C18H19FN4O4. The largest absolute Gasteiger partial charge is 0.481 e. The second kappa shape index (κ2) is 6.98. The van der Waals surface area contributed by atoms with E-state index in [-0.39, 0.29) is 11.9 Å². The number of hydrogen-bond donors (Lipinski definition) is 2. The molecule has 0 spiro atoms. The fraction of sp³-hybridized carbons (Fsp3) is 0.444. The zero-order chi connectivity index (χ0) is 19.0. The van der Waals surface area contributed by atoms with Gasteiger partial charge in [0.15, 0.2) is 5.82 Å². The van der Waals surface area contributed by atoms with Gasteiger partial charge in [0.25, 0.3) is 5.89 Å². The zero-order valence-corrected chi connectivity index (χ0v) is 14.5. The molecule has 1 aromatic heterocycles.